The molecule has 0 unspecified atom stereocenters. The molecule has 0 atom stereocenters. The minimum atomic E-state index is 0.693. The Labute approximate surface area is 253 Å². The minimum Gasteiger partial charge on any atom is -0.264 e. The molecule has 0 radical (unpaired) electrons. The van der Waals surface area contributed by atoms with Gasteiger partial charge in [0.2, 0.25) is 0 Å². The topological polar surface area (TPSA) is 38.7 Å². The van der Waals surface area contributed by atoms with Crippen LogP contribution in [0, 0.1) is 0 Å². The Kier molecular flexibility index (Phi) is 6.32. The zero-order chi connectivity index (χ0) is 28.6. The van der Waals surface area contributed by atoms with Crippen LogP contribution in [0.15, 0.2) is 152 Å². The van der Waals surface area contributed by atoms with Gasteiger partial charge >= 0.3 is 0 Å². The molecule has 3 aromatic heterocycles. The maximum atomic E-state index is 5.16. The van der Waals surface area contributed by atoms with Gasteiger partial charge in [-0.05, 0) is 59.2 Å². The number of thiophene rings is 1. The maximum Gasteiger partial charge on any atom is 0.160 e. The van der Waals surface area contributed by atoms with E-state index in [1.807, 2.05) is 29.7 Å². The summed E-state index contributed by atoms with van der Waals surface area (Å²) in [5.41, 5.74) is 9.35. The predicted molar refractivity (Wildman–Crippen MR) is 180 cm³/mol. The third-order valence-corrected chi connectivity index (χ3v) is 8.93. The van der Waals surface area contributed by atoms with Crippen molar-refractivity contribution in [1.29, 1.82) is 0 Å². The molecule has 3 heterocycles. The van der Waals surface area contributed by atoms with E-state index in [1.54, 1.807) is 6.20 Å². The van der Waals surface area contributed by atoms with Gasteiger partial charge in [0.1, 0.15) is 0 Å². The van der Waals surface area contributed by atoms with E-state index in [-0.39, 0.29) is 0 Å². The maximum absolute atomic E-state index is 5.16. The van der Waals surface area contributed by atoms with Crippen molar-refractivity contribution in [2.24, 2.45) is 0 Å². The minimum absolute atomic E-state index is 0.693. The lowest BCUT2D eigenvalue weighted by Crippen LogP contribution is -1.96. The summed E-state index contributed by atoms with van der Waals surface area (Å²) in [6.07, 6.45) is 3.68. The standard InChI is InChI=1S/C39H25N3S/c1-2-9-26(10-3-1)27-11-6-13-29(21-27)35-24-36(30-18-19-38-34(23-30)33-16-4-5-17-37(33)43-38)42-39(41-35)31-14-7-12-28(22-31)32-15-8-20-40-25-32/h1-25H. The van der Waals surface area contributed by atoms with E-state index < -0.39 is 0 Å². The largest absolute Gasteiger partial charge is 0.264 e. The first-order valence-electron chi connectivity index (χ1n) is 14.3. The smallest absolute Gasteiger partial charge is 0.160 e. The van der Waals surface area contributed by atoms with E-state index >= 15 is 0 Å². The molecule has 5 aromatic carbocycles. The lowest BCUT2D eigenvalue weighted by atomic mass is 10.00. The van der Waals surface area contributed by atoms with Crippen molar-refractivity contribution in [3.05, 3.63) is 152 Å². The summed E-state index contributed by atoms with van der Waals surface area (Å²) in [6.45, 7) is 0. The lowest BCUT2D eigenvalue weighted by Gasteiger charge is -2.12. The van der Waals surface area contributed by atoms with Crippen LogP contribution in [0.2, 0.25) is 0 Å². The highest BCUT2D eigenvalue weighted by Gasteiger charge is 2.14. The molecular formula is C39H25N3S. The van der Waals surface area contributed by atoms with E-state index in [1.165, 1.54) is 25.7 Å². The van der Waals surface area contributed by atoms with Gasteiger partial charge in [-0.25, -0.2) is 9.97 Å². The molecule has 202 valence electrons. The second-order valence-electron chi connectivity index (χ2n) is 10.5. The van der Waals surface area contributed by atoms with Crippen LogP contribution >= 0.6 is 11.3 Å². The van der Waals surface area contributed by atoms with Gasteiger partial charge in [-0.3, -0.25) is 4.98 Å². The molecular weight excluding hydrogens is 543 g/mol. The Balaban J connectivity index is 1.31. The zero-order valence-electron chi connectivity index (χ0n) is 23.2. The normalized spacial score (nSPS) is 11.3. The summed E-state index contributed by atoms with van der Waals surface area (Å²) < 4.78 is 2.57. The second-order valence-corrected chi connectivity index (χ2v) is 11.6. The fourth-order valence-electron chi connectivity index (χ4n) is 5.62. The number of pyridine rings is 1. The number of benzene rings is 5. The van der Waals surface area contributed by atoms with Crippen LogP contribution in [0.5, 0.6) is 0 Å². The molecule has 0 saturated heterocycles. The third kappa shape index (κ3) is 4.88. The van der Waals surface area contributed by atoms with Crippen LogP contribution in [-0.4, -0.2) is 15.0 Å². The van der Waals surface area contributed by atoms with Gasteiger partial charge in [0, 0.05) is 54.8 Å². The molecule has 0 bridgehead atoms. The summed E-state index contributed by atoms with van der Waals surface area (Å²) in [5, 5.41) is 2.53. The summed E-state index contributed by atoms with van der Waals surface area (Å²) in [6, 6.07) is 48.9. The first-order valence-corrected chi connectivity index (χ1v) is 15.1. The monoisotopic (exact) mass is 567 g/mol. The van der Waals surface area contributed by atoms with Gasteiger partial charge in [-0.2, -0.15) is 0 Å². The van der Waals surface area contributed by atoms with Gasteiger partial charge in [0.15, 0.2) is 5.82 Å². The zero-order valence-corrected chi connectivity index (χ0v) is 24.0. The summed E-state index contributed by atoms with van der Waals surface area (Å²) in [5.74, 6) is 0.693. The Hall–Kier alpha value is -5.45. The van der Waals surface area contributed by atoms with Gasteiger partial charge in [0.05, 0.1) is 11.4 Å². The molecule has 0 spiro atoms. The molecule has 8 aromatic rings. The van der Waals surface area contributed by atoms with Crippen LogP contribution < -0.4 is 0 Å². The second kappa shape index (κ2) is 10.8. The number of aromatic nitrogens is 3. The van der Waals surface area contributed by atoms with Crippen LogP contribution in [0.25, 0.3) is 76.3 Å². The molecule has 0 aliphatic heterocycles. The van der Waals surface area contributed by atoms with Crippen molar-refractivity contribution in [2.75, 3.05) is 0 Å². The van der Waals surface area contributed by atoms with Crippen molar-refractivity contribution in [3.63, 3.8) is 0 Å². The van der Waals surface area contributed by atoms with Gasteiger partial charge in [-0.15, -0.1) is 11.3 Å². The molecule has 0 amide bonds. The van der Waals surface area contributed by atoms with Crippen LogP contribution in [0.3, 0.4) is 0 Å². The van der Waals surface area contributed by atoms with Crippen LogP contribution in [-0.2, 0) is 0 Å². The first-order chi connectivity index (χ1) is 21.3. The fraction of sp³-hybridized carbons (Fsp3) is 0. The lowest BCUT2D eigenvalue weighted by molar-refractivity contribution is 1.18. The predicted octanol–water partition coefficient (Wildman–Crippen LogP) is 10.6. The Morgan fingerprint density at radius 2 is 1.02 bits per heavy atom. The SMILES string of the molecule is c1ccc(-c2cccc(-c3cc(-c4ccc5sc6ccccc6c5c4)nc(-c4cccc(-c5cccnc5)c4)n3)c2)cc1. The molecule has 4 heteroatoms. The fourth-order valence-corrected chi connectivity index (χ4v) is 6.70. The van der Waals surface area contributed by atoms with Crippen molar-refractivity contribution in [3.8, 4) is 56.2 Å². The number of hydrogen-bond donors (Lipinski definition) is 0. The summed E-state index contributed by atoms with van der Waals surface area (Å²) >= 11 is 1.83. The van der Waals surface area contributed by atoms with Crippen molar-refractivity contribution < 1.29 is 0 Å². The number of nitrogens with zero attached hydrogens (tertiary/aromatic N) is 3. The number of fused-ring (bicyclic) bond motifs is 3. The van der Waals surface area contributed by atoms with Crippen molar-refractivity contribution in [1.82, 2.24) is 15.0 Å². The van der Waals surface area contributed by atoms with E-state index in [9.17, 15) is 0 Å². The van der Waals surface area contributed by atoms with Crippen LogP contribution in [0.1, 0.15) is 0 Å². The van der Waals surface area contributed by atoms with Gasteiger partial charge in [-0.1, -0.05) is 97.1 Å². The first kappa shape index (κ1) is 25.3. The highest BCUT2D eigenvalue weighted by atomic mass is 32.1. The van der Waals surface area contributed by atoms with Gasteiger partial charge in [0.25, 0.3) is 0 Å². The molecule has 0 aliphatic carbocycles. The Morgan fingerprint density at radius 3 is 1.84 bits per heavy atom. The Morgan fingerprint density at radius 1 is 0.395 bits per heavy atom. The average Bonchev–Trinajstić information content (AvgIpc) is 3.47. The molecule has 0 fully saturated rings. The van der Waals surface area contributed by atoms with Crippen molar-refractivity contribution in [2.45, 2.75) is 0 Å². The van der Waals surface area contributed by atoms with Crippen LogP contribution in [0.4, 0.5) is 0 Å². The van der Waals surface area contributed by atoms with E-state index in [2.05, 4.69) is 132 Å². The molecule has 43 heavy (non-hydrogen) atoms. The molecule has 0 saturated carbocycles. The van der Waals surface area contributed by atoms with E-state index in [0.29, 0.717) is 5.82 Å². The summed E-state index contributed by atoms with van der Waals surface area (Å²) in [7, 11) is 0. The average molecular weight is 568 g/mol. The molecule has 0 N–H and O–H groups in total. The third-order valence-electron chi connectivity index (χ3n) is 7.78. The quantitative estimate of drug-likeness (QED) is 0.208. The molecule has 0 aliphatic rings. The number of rotatable bonds is 5. The van der Waals surface area contributed by atoms with Crippen molar-refractivity contribution >= 4 is 31.5 Å². The molecule has 3 nitrogen and oxygen atoms in total. The summed E-state index contributed by atoms with van der Waals surface area (Å²) in [4.78, 5) is 14.6. The Bertz CT molecular complexity index is 2140. The van der Waals surface area contributed by atoms with E-state index in [4.69, 9.17) is 9.97 Å². The van der Waals surface area contributed by atoms with E-state index in [0.717, 1.165) is 44.8 Å². The highest BCUT2D eigenvalue weighted by molar-refractivity contribution is 7.25. The van der Waals surface area contributed by atoms with Gasteiger partial charge < -0.3 is 0 Å². The highest BCUT2D eigenvalue weighted by Crippen LogP contribution is 2.37. The number of hydrogen-bond acceptors (Lipinski definition) is 4. The molecule has 8 rings (SSSR count).